The van der Waals surface area contributed by atoms with E-state index in [-0.39, 0.29) is 21.4 Å². The molecule has 0 heterocycles. The fraction of sp³-hybridized carbons (Fsp3) is 0.462. The molecule has 0 aromatic heterocycles. The lowest BCUT2D eigenvalue weighted by Gasteiger charge is -2.13. The molecule has 0 bridgehead atoms. The topological polar surface area (TPSA) is 89.3 Å². The van der Waals surface area contributed by atoms with E-state index in [0.29, 0.717) is 6.54 Å². The number of hydrogen-bond acceptors (Lipinski definition) is 3. The van der Waals surface area contributed by atoms with E-state index < -0.39 is 21.7 Å². The summed E-state index contributed by atoms with van der Waals surface area (Å²) in [7, 11) is -4.06. The van der Waals surface area contributed by atoms with Gasteiger partial charge in [-0.25, -0.2) is 17.9 Å². The molecule has 0 unspecified atom stereocenters. The molecule has 1 saturated carbocycles. The van der Waals surface area contributed by atoms with Crippen LogP contribution in [-0.4, -0.2) is 20.9 Å². The Labute approximate surface area is 117 Å². The molecule has 110 valence electrons. The molecule has 20 heavy (non-hydrogen) atoms. The summed E-state index contributed by atoms with van der Waals surface area (Å²) < 4.78 is 36.3. The lowest BCUT2D eigenvalue weighted by atomic mass is 10.1. The summed E-state index contributed by atoms with van der Waals surface area (Å²) in [5.41, 5.74) is 0.269. The maximum atomic E-state index is 13.5. The Morgan fingerprint density at radius 2 is 2.05 bits per heavy atom. The highest BCUT2D eigenvalue weighted by molar-refractivity contribution is 7.89. The number of rotatable bonds is 4. The molecule has 1 amide bonds. The molecule has 2 rings (SSSR count). The fourth-order valence-corrected chi connectivity index (χ4v) is 2.78. The van der Waals surface area contributed by atoms with Crippen molar-refractivity contribution < 1.29 is 17.6 Å². The second-order valence-electron chi connectivity index (χ2n) is 5.61. The predicted octanol–water partition coefficient (Wildman–Crippen LogP) is 1.31. The number of halogens is 1. The van der Waals surface area contributed by atoms with Crippen molar-refractivity contribution in [1.29, 1.82) is 0 Å². The van der Waals surface area contributed by atoms with E-state index in [9.17, 15) is 17.6 Å². The van der Waals surface area contributed by atoms with Gasteiger partial charge in [-0.15, -0.1) is 0 Å². The van der Waals surface area contributed by atoms with Crippen molar-refractivity contribution in [2.24, 2.45) is 10.6 Å². The number of carbonyl (C=O) groups excluding carboxylic acids is 1. The highest BCUT2D eigenvalue weighted by Gasteiger charge is 2.37. The average Bonchev–Trinajstić information content (AvgIpc) is 3.06. The van der Waals surface area contributed by atoms with Crippen LogP contribution in [0.4, 0.5) is 4.39 Å². The minimum atomic E-state index is -4.06. The van der Waals surface area contributed by atoms with Crippen molar-refractivity contribution in [2.45, 2.75) is 31.6 Å². The summed E-state index contributed by atoms with van der Waals surface area (Å²) in [6.07, 6.45) is 2.08. The lowest BCUT2D eigenvalue weighted by Crippen LogP contribution is -2.30. The number of hydrogen-bond donors (Lipinski definition) is 2. The van der Waals surface area contributed by atoms with Crippen molar-refractivity contribution in [3.05, 3.63) is 29.1 Å². The van der Waals surface area contributed by atoms with Crippen LogP contribution in [0.1, 0.15) is 35.7 Å². The van der Waals surface area contributed by atoms with Gasteiger partial charge in [-0.3, -0.25) is 4.79 Å². The van der Waals surface area contributed by atoms with Crippen LogP contribution in [0.2, 0.25) is 0 Å². The summed E-state index contributed by atoms with van der Waals surface area (Å²) in [5, 5.41) is 7.73. The van der Waals surface area contributed by atoms with Crippen molar-refractivity contribution in [3.63, 3.8) is 0 Å². The number of carbonyl (C=O) groups is 1. The van der Waals surface area contributed by atoms with Gasteiger partial charge in [-0.2, -0.15) is 0 Å². The second kappa shape index (κ2) is 4.82. The lowest BCUT2D eigenvalue weighted by molar-refractivity contribution is 0.0944. The van der Waals surface area contributed by atoms with E-state index in [1.54, 1.807) is 0 Å². The summed E-state index contributed by atoms with van der Waals surface area (Å²) >= 11 is 0. The third kappa shape index (κ3) is 3.16. The van der Waals surface area contributed by atoms with Gasteiger partial charge in [0.2, 0.25) is 10.0 Å². The Balaban J connectivity index is 2.31. The molecule has 1 aromatic carbocycles. The zero-order valence-electron chi connectivity index (χ0n) is 11.4. The summed E-state index contributed by atoms with van der Waals surface area (Å²) in [6.45, 7) is 3.97. The Hall–Kier alpha value is -1.47. The van der Waals surface area contributed by atoms with Gasteiger partial charge in [-0.05, 0) is 42.9 Å². The smallest absolute Gasteiger partial charge is 0.251 e. The Bertz CT molecular complexity index is 666. The van der Waals surface area contributed by atoms with Gasteiger partial charge in [-0.1, -0.05) is 6.92 Å². The van der Waals surface area contributed by atoms with Crippen LogP contribution < -0.4 is 10.5 Å². The van der Waals surface area contributed by atoms with Gasteiger partial charge in [0.25, 0.3) is 5.91 Å². The highest BCUT2D eigenvalue weighted by Crippen LogP contribution is 2.44. The third-order valence-electron chi connectivity index (χ3n) is 3.66. The van der Waals surface area contributed by atoms with E-state index in [4.69, 9.17) is 5.14 Å². The van der Waals surface area contributed by atoms with Gasteiger partial charge in [0.05, 0.1) is 4.90 Å². The van der Waals surface area contributed by atoms with Crippen molar-refractivity contribution in [3.8, 4) is 0 Å². The third-order valence-corrected chi connectivity index (χ3v) is 4.69. The largest absolute Gasteiger partial charge is 0.351 e. The highest BCUT2D eigenvalue weighted by atomic mass is 32.2. The molecular formula is C13H17FN2O3S. The van der Waals surface area contributed by atoms with Gasteiger partial charge in [0.1, 0.15) is 5.82 Å². The maximum Gasteiger partial charge on any atom is 0.251 e. The Morgan fingerprint density at radius 3 is 2.55 bits per heavy atom. The summed E-state index contributed by atoms with van der Waals surface area (Å²) in [4.78, 5) is 11.7. The molecule has 0 radical (unpaired) electrons. The van der Waals surface area contributed by atoms with E-state index in [0.717, 1.165) is 25.0 Å². The first kappa shape index (κ1) is 14.9. The van der Waals surface area contributed by atoms with E-state index in [1.807, 2.05) is 6.92 Å². The zero-order chi connectivity index (χ0) is 15.1. The second-order valence-corrected chi connectivity index (χ2v) is 7.14. The van der Waals surface area contributed by atoms with Crippen LogP contribution in [-0.2, 0) is 10.0 Å². The predicted molar refractivity (Wildman–Crippen MR) is 72.2 cm³/mol. The van der Waals surface area contributed by atoms with Crippen LogP contribution in [0.3, 0.4) is 0 Å². The van der Waals surface area contributed by atoms with Gasteiger partial charge in [0, 0.05) is 12.1 Å². The van der Waals surface area contributed by atoms with Crippen molar-refractivity contribution in [2.75, 3.05) is 6.54 Å². The van der Waals surface area contributed by atoms with Gasteiger partial charge < -0.3 is 5.32 Å². The van der Waals surface area contributed by atoms with Crippen LogP contribution >= 0.6 is 0 Å². The quantitative estimate of drug-likeness (QED) is 0.878. The fourth-order valence-electron chi connectivity index (χ4n) is 1.96. The maximum absolute atomic E-state index is 13.5. The Kier molecular flexibility index (Phi) is 3.60. The molecule has 5 nitrogen and oxygen atoms in total. The number of amides is 1. The zero-order valence-corrected chi connectivity index (χ0v) is 12.2. The van der Waals surface area contributed by atoms with Crippen LogP contribution in [0.15, 0.2) is 17.0 Å². The first-order valence-corrected chi connectivity index (χ1v) is 7.78. The molecule has 0 aliphatic heterocycles. The SMILES string of the molecule is Cc1c(C(=O)NCC2(C)CC2)cc(F)cc1S(N)(=O)=O. The monoisotopic (exact) mass is 300 g/mol. The molecule has 1 fully saturated rings. The Morgan fingerprint density at radius 1 is 1.45 bits per heavy atom. The number of primary sulfonamides is 1. The number of nitrogens with one attached hydrogen (secondary N) is 1. The number of sulfonamides is 1. The minimum absolute atomic E-state index is 0.00160. The first-order chi connectivity index (χ1) is 9.12. The number of benzene rings is 1. The van der Waals surface area contributed by atoms with Gasteiger partial charge >= 0.3 is 0 Å². The summed E-state index contributed by atoms with van der Waals surface area (Å²) in [6, 6.07) is 1.85. The van der Waals surface area contributed by atoms with Gasteiger partial charge in [0.15, 0.2) is 0 Å². The molecule has 0 saturated heterocycles. The van der Waals surface area contributed by atoms with Crippen LogP contribution in [0, 0.1) is 18.2 Å². The van der Waals surface area contributed by atoms with E-state index in [2.05, 4.69) is 5.32 Å². The minimum Gasteiger partial charge on any atom is -0.351 e. The average molecular weight is 300 g/mol. The molecule has 0 atom stereocenters. The molecule has 1 aliphatic carbocycles. The number of nitrogens with two attached hydrogens (primary N) is 1. The van der Waals surface area contributed by atoms with E-state index >= 15 is 0 Å². The van der Waals surface area contributed by atoms with E-state index in [1.165, 1.54) is 6.92 Å². The van der Waals surface area contributed by atoms with Crippen molar-refractivity contribution in [1.82, 2.24) is 5.32 Å². The summed E-state index contributed by atoms with van der Waals surface area (Å²) in [5.74, 6) is -1.29. The van der Waals surface area contributed by atoms with Crippen molar-refractivity contribution >= 4 is 15.9 Å². The normalized spacial score (nSPS) is 16.8. The molecule has 7 heteroatoms. The molecule has 1 aromatic rings. The van der Waals surface area contributed by atoms with Crippen LogP contribution in [0.25, 0.3) is 0 Å². The first-order valence-electron chi connectivity index (χ1n) is 6.24. The molecular weight excluding hydrogens is 283 g/mol. The molecule has 1 aliphatic rings. The standard InChI is InChI=1S/C13H17FN2O3S/c1-8-10(12(17)16-7-13(2)3-4-13)5-9(14)6-11(8)20(15,18)19/h5-6H,3-4,7H2,1-2H3,(H,16,17)(H2,15,18,19). The molecule has 3 N–H and O–H groups in total. The molecule has 0 spiro atoms. The van der Waals surface area contributed by atoms with Crippen LogP contribution in [0.5, 0.6) is 0 Å².